The second-order valence-corrected chi connectivity index (χ2v) is 4.22. The van der Waals surface area contributed by atoms with Crippen LogP contribution in [0.4, 0.5) is 0 Å². The molecule has 0 bridgehead atoms. The Morgan fingerprint density at radius 2 is 1.94 bits per heavy atom. The van der Waals surface area contributed by atoms with Gasteiger partial charge in [-0.15, -0.1) is 0 Å². The number of nitrogens with one attached hydrogen (secondary N) is 2. The fourth-order valence-corrected chi connectivity index (χ4v) is 1.79. The highest BCUT2D eigenvalue weighted by Gasteiger charge is 1.99. The van der Waals surface area contributed by atoms with Crippen LogP contribution in [0.2, 0.25) is 0 Å². The summed E-state index contributed by atoms with van der Waals surface area (Å²) in [6.45, 7) is 2.88. The topological polar surface area (TPSA) is 41.9 Å². The molecule has 0 unspecified atom stereocenters. The highest BCUT2D eigenvalue weighted by atomic mass is 15.3. The molecule has 0 radical (unpaired) electrons. The molecular weight excluding hydrogens is 224 g/mol. The zero-order valence-electron chi connectivity index (χ0n) is 10.8. The lowest BCUT2D eigenvalue weighted by atomic mass is 10.3. The third kappa shape index (κ3) is 3.68. The first-order valence-electron chi connectivity index (χ1n) is 6.35. The minimum atomic E-state index is 0.823. The largest absolute Gasteiger partial charge is 0.320 e. The predicted octanol–water partition coefficient (Wildman–Crippen LogP) is 1.57. The van der Waals surface area contributed by atoms with Gasteiger partial charge in [-0.25, -0.2) is 4.68 Å². The van der Waals surface area contributed by atoms with E-state index in [-0.39, 0.29) is 0 Å². The molecule has 4 heteroatoms. The van der Waals surface area contributed by atoms with E-state index in [4.69, 9.17) is 0 Å². The van der Waals surface area contributed by atoms with Crippen LogP contribution in [-0.2, 0) is 6.54 Å². The summed E-state index contributed by atoms with van der Waals surface area (Å²) in [5.41, 5.74) is 2.17. The number of benzene rings is 1. The van der Waals surface area contributed by atoms with E-state index >= 15 is 0 Å². The monoisotopic (exact) mass is 244 g/mol. The van der Waals surface area contributed by atoms with Gasteiger partial charge in [0.05, 0.1) is 11.4 Å². The van der Waals surface area contributed by atoms with Crippen LogP contribution in [-0.4, -0.2) is 29.9 Å². The van der Waals surface area contributed by atoms with Crippen LogP contribution in [0.15, 0.2) is 42.6 Å². The highest BCUT2D eigenvalue weighted by molar-refractivity contribution is 5.30. The molecule has 0 atom stereocenters. The van der Waals surface area contributed by atoms with Crippen LogP contribution in [0, 0.1) is 0 Å². The van der Waals surface area contributed by atoms with E-state index < -0.39 is 0 Å². The lowest BCUT2D eigenvalue weighted by Crippen LogP contribution is -2.19. The molecule has 4 nitrogen and oxygen atoms in total. The molecule has 96 valence electrons. The smallest absolute Gasteiger partial charge is 0.0766 e. The van der Waals surface area contributed by atoms with Crippen molar-refractivity contribution >= 4 is 0 Å². The van der Waals surface area contributed by atoms with E-state index in [1.54, 1.807) is 0 Å². The minimum absolute atomic E-state index is 0.823. The molecule has 0 aliphatic heterocycles. The number of aromatic nitrogens is 2. The van der Waals surface area contributed by atoms with Gasteiger partial charge in [0, 0.05) is 12.7 Å². The molecule has 2 aromatic rings. The Hall–Kier alpha value is -1.65. The third-order valence-corrected chi connectivity index (χ3v) is 2.75. The predicted molar refractivity (Wildman–Crippen MR) is 73.8 cm³/mol. The van der Waals surface area contributed by atoms with Crippen molar-refractivity contribution in [2.75, 3.05) is 20.1 Å². The molecule has 1 aromatic heterocycles. The van der Waals surface area contributed by atoms with E-state index in [0.29, 0.717) is 0 Å². The molecule has 0 saturated heterocycles. The van der Waals surface area contributed by atoms with Gasteiger partial charge in [0.15, 0.2) is 0 Å². The quantitative estimate of drug-likeness (QED) is 0.727. The second-order valence-electron chi connectivity index (χ2n) is 4.22. The summed E-state index contributed by atoms with van der Waals surface area (Å²) < 4.78 is 1.91. The fourth-order valence-electron chi connectivity index (χ4n) is 1.79. The molecule has 0 aliphatic carbocycles. The van der Waals surface area contributed by atoms with Crippen molar-refractivity contribution in [2.24, 2.45) is 0 Å². The van der Waals surface area contributed by atoms with Crippen LogP contribution >= 0.6 is 0 Å². The Morgan fingerprint density at radius 3 is 2.72 bits per heavy atom. The van der Waals surface area contributed by atoms with Crippen molar-refractivity contribution in [2.45, 2.75) is 13.0 Å². The molecule has 1 aromatic carbocycles. The maximum Gasteiger partial charge on any atom is 0.0766 e. The SMILES string of the molecule is CNCCCNCc1ccn(-c2ccccc2)n1. The van der Waals surface area contributed by atoms with Gasteiger partial charge in [0.1, 0.15) is 0 Å². The van der Waals surface area contributed by atoms with E-state index in [2.05, 4.69) is 33.9 Å². The van der Waals surface area contributed by atoms with Crippen LogP contribution in [0.3, 0.4) is 0 Å². The molecule has 1 heterocycles. The summed E-state index contributed by atoms with van der Waals surface area (Å²) >= 11 is 0. The zero-order chi connectivity index (χ0) is 12.6. The number of nitrogens with zero attached hydrogens (tertiary/aromatic N) is 2. The molecule has 2 rings (SSSR count). The van der Waals surface area contributed by atoms with Gasteiger partial charge >= 0.3 is 0 Å². The van der Waals surface area contributed by atoms with Crippen LogP contribution < -0.4 is 10.6 Å². The summed E-state index contributed by atoms with van der Waals surface area (Å²) in [5, 5.41) is 11.1. The molecular formula is C14H20N4. The standard InChI is InChI=1S/C14H20N4/c1-15-9-5-10-16-12-13-8-11-18(17-13)14-6-3-2-4-7-14/h2-4,6-8,11,15-16H,5,9-10,12H2,1H3. The molecule has 0 saturated carbocycles. The molecule has 18 heavy (non-hydrogen) atoms. The number of hydrogen-bond donors (Lipinski definition) is 2. The fraction of sp³-hybridized carbons (Fsp3) is 0.357. The Morgan fingerprint density at radius 1 is 1.11 bits per heavy atom. The number of para-hydroxylation sites is 1. The Balaban J connectivity index is 1.83. The van der Waals surface area contributed by atoms with E-state index in [0.717, 1.165) is 37.4 Å². The van der Waals surface area contributed by atoms with Crippen LogP contribution in [0.5, 0.6) is 0 Å². The maximum atomic E-state index is 4.54. The average Bonchev–Trinajstić information content (AvgIpc) is 2.88. The normalized spacial score (nSPS) is 10.7. The van der Waals surface area contributed by atoms with Gasteiger partial charge < -0.3 is 10.6 Å². The molecule has 2 N–H and O–H groups in total. The van der Waals surface area contributed by atoms with Crippen molar-refractivity contribution in [3.8, 4) is 5.69 Å². The third-order valence-electron chi connectivity index (χ3n) is 2.75. The van der Waals surface area contributed by atoms with Crippen molar-refractivity contribution in [1.29, 1.82) is 0 Å². The maximum absolute atomic E-state index is 4.54. The summed E-state index contributed by atoms with van der Waals surface area (Å²) in [6.07, 6.45) is 3.13. The molecule has 0 amide bonds. The Labute approximate surface area is 108 Å². The van der Waals surface area contributed by atoms with Crippen molar-refractivity contribution in [3.05, 3.63) is 48.3 Å². The first-order chi connectivity index (χ1) is 8.90. The summed E-state index contributed by atoms with van der Waals surface area (Å²) in [7, 11) is 1.97. The molecule has 0 fully saturated rings. The van der Waals surface area contributed by atoms with Crippen LogP contribution in [0.1, 0.15) is 12.1 Å². The molecule has 0 aliphatic rings. The number of hydrogen-bond acceptors (Lipinski definition) is 3. The van der Waals surface area contributed by atoms with Crippen molar-refractivity contribution in [1.82, 2.24) is 20.4 Å². The van der Waals surface area contributed by atoms with Gasteiger partial charge in [-0.05, 0) is 44.8 Å². The van der Waals surface area contributed by atoms with E-state index in [1.807, 2.05) is 36.1 Å². The zero-order valence-corrected chi connectivity index (χ0v) is 10.8. The minimum Gasteiger partial charge on any atom is -0.320 e. The lowest BCUT2D eigenvalue weighted by Gasteiger charge is -2.02. The first-order valence-corrected chi connectivity index (χ1v) is 6.35. The molecule has 0 spiro atoms. The summed E-state index contributed by atoms with van der Waals surface area (Å²) in [5.74, 6) is 0. The first kappa shape index (κ1) is 12.8. The van der Waals surface area contributed by atoms with Gasteiger partial charge in [-0.1, -0.05) is 18.2 Å². The number of rotatable bonds is 7. The van der Waals surface area contributed by atoms with Crippen LogP contribution in [0.25, 0.3) is 5.69 Å². The Bertz CT molecular complexity index is 450. The van der Waals surface area contributed by atoms with E-state index in [9.17, 15) is 0 Å². The van der Waals surface area contributed by atoms with Gasteiger partial charge in [-0.2, -0.15) is 5.10 Å². The average molecular weight is 244 g/mol. The van der Waals surface area contributed by atoms with Gasteiger partial charge in [0.2, 0.25) is 0 Å². The summed E-state index contributed by atoms with van der Waals surface area (Å²) in [6, 6.07) is 12.2. The van der Waals surface area contributed by atoms with Crippen molar-refractivity contribution in [3.63, 3.8) is 0 Å². The lowest BCUT2D eigenvalue weighted by molar-refractivity contribution is 0.615. The van der Waals surface area contributed by atoms with Crippen molar-refractivity contribution < 1.29 is 0 Å². The Kier molecular flexibility index (Phi) is 4.93. The van der Waals surface area contributed by atoms with Gasteiger partial charge in [0.25, 0.3) is 0 Å². The second kappa shape index (κ2) is 6.93. The van der Waals surface area contributed by atoms with Gasteiger partial charge in [-0.3, -0.25) is 0 Å². The highest BCUT2D eigenvalue weighted by Crippen LogP contribution is 2.06. The summed E-state index contributed by atoms with van der Waals surface area (Å²) in [4.78, 5) is 0. The van der Waals surface area contributed by atoms with E-state index in [1.165, 1.54) is 0 Å².